The number of carbonyl (C=O) groups is 1. The van der Waals surface area contributed by atoms with Crippen molar-refractivity contribution >= 4 is 50.9 Å². The molecule has 1 saturated heterocycles. The van der Waals surface area contributed by atoms with E-state index in [9.17, 15) is 4.79 Å². The van der Waals surface area contributed by atoms with E-state index < -0.39 is 0 Å². The van der Waals surface area contributed by atoms with Gasteiger partial charge in [-0.1, -0.05) is 29.5 Å². The van der Waals surface area contributed by atoms with Gasteiger partial charge in [-0.3, -0.25) is 10.1 Å². The van der Waals surface area contributed by atoms with Crippen molar-refractivity contribution < 1.29 is 4.79 Å². The Bertz CT molecular complexity index is 963. The van der Waals surface area contributed by atoms with E-state index in [4.69, 9.17) is 4.98 Å². The number of aryl methyl sites for hydroxylation is 1. The van der Waals surface area contributed by atoms with Gasteiger partial charge in [0.05, 0.1) is 21.0 Å². The zero-order chi connectivity index (χ0) is 18.1. The third kappa shape index (κ3) is 3.29. The van der Waals surface area contributed by atoms with Gasteiger partial charge < -0.3 is 4.90 Å². The molecule has 3 heterocycles. The molecule has 1 N–H and O–H groups in total. The predicted octanol–water partition coefficient (Wildman–Crippen LogP) is 4.57. The van der Waals surface area contributed by atoms with Crippen LogP contribution in [0.1, 0.15) is 28.9 Å². The molecule has 0 spiro atoms. The summed E-state index contributed by atoms with van der Waals surface area (Å²) in [6.45, 7) is 3.85. The molecule has 1 amide bonds. The number of amides is 1. The van der Waals surface area contributed by atoms with E-state index in [0.29, 0.717) is 10.7 Å². The van der Waals surface area contributed by atoms with Crippen LogP contribution in [0.3, 0.4) is 0 Å². The molecule has 0 unspecified atom stereocenters. The summed E-state index contributed by atoms with van der Waals surface area (Å²) in [5.74, 6) is 0.628. The summed E-state index contributed by atoms with van der Waals surface area (Å²) in [4.78, 5) is 24.5. The monoisotopic (exact) mass is 384 g/mol. The Morgan fingerprint density at radius 1 is 1.23 bits per heavy atom. The molecule has 1 aliphatic rings. The first-order valence-corrected chi connectivity index (χ1v) is 10.7. The number of thioether (sulfide) groups is 1. The van der Waals surface area contributed by atoms with Gasteiger partial charge in [0.15, 0.2) is 5.13 Å². The van der Waals surface area contributed by atoms with Gasteiger partial charge in [0.25, 0.3) is 5.91 Å². The van der Waals surface area contributed by atoms with Crippen LogP contribution in [-0.2, 0) is 0 Å². The van der Waals surface area contributed by atoms with E-state index in [1.54, 1.807) is 11.8 Å². The van der Waals surface area contributed by atoms with Crippen molar-refractivity contribution in [2.24, 2.45) is 0 Å². The Balaban J connectivity index is 1.72. The smallest absolute Gasteiger partial charge is 0.261 e. The highest BCUT2D eigenvalue weighted by molar-refractivity contribution is 8.00. The maximum atomic E-state index is 13.0. The summed E-state index contributed by atoms with van der Waals surface area (Å²) in [6.07, 6.45) is 4.29. The molecule has 5 nitrogen and oxygen atoms in total. The van der Waals surface area contributed by atoms with Gasteiger partial charge in [0.2, 0.25) is 0 Å². The zero-order valence-corrected chi connectivity index (χ0v) is 16.4. The van der Waals surface area contributed by atoms with Crippen LogP contribution in [0.15, 0.2) is 34.5 Å². The molecule has 0 atom stereocenters. The number of anilines is 2. The molecule has 7 heteroatoms. The van der Waals surface area contributed by atoms with Crippen molar-refractivity contribution in [1.29, 1.82) is 0 Å². The summed E-state index contributed by atoms with van der Waals surface area (Å²) in [5, 5.41) is 4.58. The van der Waals surface area contributed by atoms with Gasteiger partial charge in [0.1, 0.15) is 5.82 Å². The number of benzene rings is 1. The molecule has 1 aliphatic heterocycles. The minimum Gasteiger partial charge on any atom is -0.356 e. The predicted molar refractivity (Wildman–Crippen MR) is 110 cm³/mol. The number of rotatable bonds is 4. The van der Waals surface area contributed by atoms with Gasteiger partial charge in [-0.15, -0.1) is 11.8 Å². The number of carbonyl (C=O) groups excluding carboxylic acids is 1. The molecule has 1 aromatic carbocycles. The lowest BCUT2D eigenvalue weighted by atomic mass is 10.1. The molecule has 0 saturated carbocycles. The lowest BCUT2D eigenvalue weighted by Crippen LogP contribution is -2.24. The van der Waals surface area contributed by atoms with Crippen molar-refractivity contribution in [2.75, 3.05) is 29.6 Å². The van der Waals surface area contributed by atoms with Gasteiger partial charge in [0, 0.05) is 18.5 Å². The number of fused-ring (bicyclic) bond motifs is 1. The number of nitrogens with one attached hydrogen (secondary N) is 1. The Hall–Kier alpha value is -2.12. The largest absolute Gasteiger partial charge is 0.356 e. The van der Waals surface area contributed by atoms with Crippen molar-refractivity contribution in [3.8, 4) is 0 Å². The summed E-state index contributed by atoms with van der Waals surface area (Å²) in [5.41, 5.74) is 2.49. The molecule has 0 aliphatic carbocycles. The second kappa shape index (κ2) is 7.25. The van der Waals surface area contributed by atoms with E-state index in [1.807, 2.05) is 43.5 Å². The molecule has 134 valence electrons. The third-order valence-corrected chi connectivity index (χ3v) is 6.80. The fraction of sp³-hybridized carbons (Fsp3) is 0.316. The number of pyridine rings is 1. The highest BCUT2D eigenvalue weighted by atomic mass is 32.2. The molecule has 0 radical (unpaired) electrons. The SMILES string of the molecule is CSc1sc(NC(=O)c2cc3ccccc3nc2N2CCCC2)nc1C. The topological polar surface area (TPSA) is 58.1 Å². The van der Waals surface area contributed by atoms with Gasteiger partial charge in [-0.05, 0) is 38.2 Å². The van der Waals surface area contributed by atoms with Crippen LogP contribution in [0.4, 0.5) is 10.9 Å². The maximum absolute atomic E-state index is 13.0. The zero-order valence-electron chi connectivity index (χ0n) is 14.8. The molecule has 1 fully saturated rings. The average Bonchev–Trinajstić information content (AvgIpc) is 3.30. The second-order valence-electron chi connectivity index (χ2n) is 6.30. The molecule has 4 rings (SSSR count). The highest BCUT2D eigenvalue weighted by Crippen LogP contribution is 2.32. The molecule has 2 aromatic heterocycles. The number of hydrogen-bond donors (Lipinski definition) is 1. The number of thiazole rings is 1. The van der Waals surface area contributed by atoms with E-state index in [1.165, 1.54) is 11.3 Å². The maximum Gasteiger partial charge on any atom is 0.261 e. The Morgan fingerprint density at radius 2 is 2.00 bits per heavy atom. The Labute approximate surface area is 160 Å². The van der Waals surface area contributed by atoms with Crippen LogP contribution >= 0.6 is 23.1 Å². The number of aromatic nitrogens is 2. The fourth-order valence-corrected chi connectivity index (χ4v) is 4.84. The summed E-state index contributed by atoms with van der Waals surface area (Å²) < 4.78 is 1.12. The minimum absolute atomic E-state index is 0.147. The first kappa shape index (κ1) is 17.3. The second-order valence-corrected chi connectivity index (χ2v) is 8.37. The van der Waals surface area contributed by atoms with Gasteiger partial charge in [-0.25, -0.2) is 9.97 Å². The Kier molecular flexibility index (Phi) is 4.82. The van der Waals surface area contributed by atoms with Crippen LogP contribution in [0, 0.1) is 6.92 Å². The van der Waals surface area contributed by atoms with E-state index >= 15 is 0 Å². The van der Waals surface area contributed by atoms with Gasteiger partial charge >= 0.3 is 0 Å². The highest BCUT2D eigenvalue weighted by Gasteiger charge is 2.23. The summed E-state index contributed by atoms with van der Waals surface area (Å²) in [7, 11) is 0. The third-order valence-electron chi connectivity index (χ3n) is 4.51. The number of hydrogen-bond acceptors (Lipinski definition) is 6. The first-order chi connectivity index (χ1) is 12.7. The van der Waals surface area contributed by atoms with Crippen LogP contribution in [0.2, 0.25) is 0 Å². The summed E-state index contributed by atoms with van der Waals surface area (Å²) >= 11 is 3.16. The fourth-order valence-electron chi connectivity index (χ4n) is 3.23. The minimum atomic E-state index is -0.147. The average molecular weight is 385 g/mol. The first-order valence-electron chi connectivity index (χ1n) is 8.63. The van der Waals surface area contributed by atoms with Crippen molar-refractivity contribution in [3.63, 3.8) is 0 Å². The van der Waals surface area contributed by atoms with Crippen molar-refractivity contribution in [3.05, 3.63) is 41.6 Å². The van der Waals surface area contributed by atoms with Gasteiger partial charge in [-0.2, -0.15) is 0 Å². The van der Waals surface area contributed by atoms with E-state index in [0.717, 1.165) is 52.6 Å². The molecule has 0 bridgehead atoms. The normalized spacial score (nSPS) is 14.2. The van der Waals surface area contributed by atoms with E-state index in [2.05, 4.69) is 15.2 Å². The van der Waals surface area contributed by atoms with Crippen LogP contribution in [0.25, 0.3) is 10.9 Å². The number of nitrogens with zero attached hydrogens (tertiary/aromatic N) is 3. The molecular weight excluding hydrogens is 364 g/mol. The van der Waals surface area contributed by atoms with E-state index in [-0.39, 0.29) is 5.91 Å². The van der Waals surface area contributed by atoms with Crippen LogP contribution in [0.5, 0.6) is 0 Å². The van der Waals surface area contributed by atoms with Crippen molar-refractivity contribution in [2.45, 2.75) is 24.0 Å². The number of para-hydroxylation sites is 1. The standard InChI is InChI=1S/C19H20N4OS2/c1-12-18(25-2)26-19(20-12)22-17(24)14-11-13-7-3-4-8-15(13)21-16(14)23-9-5-6-10-23/h3-4,7-8,11H,5-6,9-10H2,1-2H3,(H,20,22,24). The molecular formula is C19H20N4OS2. The quantitative estimate of drug-likeness (QED) is 0.668. The molecule has 3 aromatic rings. The lowest BCUT2D eigenvalue weighted by molar-refractivity contribution is 0.102. The van der Waals surface area contributed by atoms with Crippen LogP contribution < -0.4 is 10.2 Å². The van der Waals surface area contributed by atoms with Crippen LogP contribution in [-0.4, -0.2) is 35.2 Å². The molecule has 26 heavy (non-hydrogen) atoms. The summed E-state index contributed by atoms with van der Waals surface area (Å²) in [6, 6.07) is 9.88. The van der Waals surface area contributed by atoms with Crippen molar-refractivity contribution in [1.82, 2.24) is 9.97 Å². The lowest BCUT2D eigenvalue weighted by Gasteiger charge is -2.20. The Morgan fingerprint density at radius 3 is 2.73 bits per heavy atom.